The smallest absolute Gasteiger partial charge is 0.108 e. The summed E-state index contributed by atoms with van der Waals surface area (Å²) in [5.74, 6) is 0. The average Bonchev–Trinajstić information content (AvgIpc) is 2.71. The van der Waals surface area contributed by atoms with Crippen LogP contribution in [0.5, 0.6) is 0 Å². The van der Waals surface area contributed by atoms with Gasteiger partial charge in [0, 0.05) is 18.0 Å². The van der Waals surface area contributed by atoms with Gasteiger partial charge in [-0.15, -0.1) is 0 Å². The van der Waals surface area contributed by atoms with Crippen LogP contribution in [0.4, 0.5) is 0 Å². The second kappa shape index (κ2) is 2.06. The number of epoxide rings is 1. The van der Waals surface area contributed by atoms with Crippen molar-refractivity contribution in [3.8, 4) is 0 Å². The molecule has 1 atom stereocenters. The van der Waals surface area contributed by atoms with E-state index in [2.05, 4.69) is 11.9 Å². The summed E-state index contributed by atoms with van der Waals surface area (Å²) >= 11 is 0. The van der Waals surface area contributed by atoms with Crippen molar-refractivity contribution in [3.63, 3.8) is 0 Å². The monoisotopic (exact) mass is 135 g/mol. The van der Waals surface area contributed by atoms with Gasteiger partial charge in [0.15, 0.2) is 0 Å². The van der Waals surface area contributed by atoms with Crippen molar-refractivity contribution < 1.29 is 4.74 Å². The molecule has 2 heterocycles. The van der Waals surface area contributed by atoms with Crippen LogP contribution in [0.25, 0.3) is 0 Å². The standard InChI is InChI=1S/C8H9NO/c1-6-2-3-9-4-7(6)8-5-10-8/h2-4,8H,5H2,1H3/t8-/m0/s1. The van der Waals surface area contributed by atoms with Crippen LogP contribution in [0.15, 0.2) is 18.5 Å². The van der Waals surface area contributed by atoms with E-state index < -0.39 is 0 Å². The van der Waals surface area contributed by atoms with Crippen molar-refractivity contribution in [1.82, 2.24) is 4.98 Å². The third kappa shape index (κ3) is 0.907. The highest BCUT2D eigenvalue weighted by molar-refractivity contribution is 5.25. The Labute approximate surface area is 59.9 Å². The van der Waals surface area contributed by atoms with E-state index in [-0.39, 0.29) is 0 Å². The fraction of sp³-hybridized carbons (Fsp3) is 0.375. The summed E-state index contributed by atoms with van der Waals surface area (Å²) in [5.41, 5.74) is 2.51. The number of rotatable bonds is 1. The number of aromatic nitrogens is 1. The third-order valence-corrected chi connectivity index (χ3v) is 1.76. The molecule has 0 unspecified atom stereocenters. The molecule has 2 heteroatoms. The zero-order valence-electron chi connectivity index (χ0n) is 5.87. The molecule has 0 aliphatic carbocycles. The summed E-state index contributed by atoms with van der Waals surface area (Å²) in [6.45, 7) is 2.95. The first-order valence-corrected chi connectivity index (χ1v) is 3.40. The van der Waals surface area contributed by atoms with Crippen LogP contribution in [0, 0.1) is 6.92 Å². The third-order valence-electron chi connectivity index (χ3n) is 1.76. The summed E-state index contributed by atoms with van der Waals surface area (Å²) in [7, 11) is 0. The normalized spacial score (nSPS) is 22.7. The van der Waals surface area contributed by atoms with Crippen LogP contribution in [-0.4, -0.2) is 11.6 Å². The zero-order chi connectivity index (χ0) is 6.97. The average molecular weight is 135 g/mol. The summed E-state index contributed by atoms with van der Waals surface area (Å²) < 4.78 is 5.14. The van der Waals surface area contributed by atoms with Gasteiger partial charge in [0.25, 0.3) is 0 Å². The Morgan fingerprint density at radius 1 is 1.70 bits per heavy atom. The maximum Gasteiger partial charge on any atom is 0.108 e. The van der Waals surface area contributed by atoms with Gasteiger partial charge in [-0.05, 0) is 18.6 Å². The van der Waals surface area contributed by atoms with Gasteiger partial charge in [-0.2, -0.15) is 0 Å². The molecule has 2 rings (SSSR count). The molecule has 1 aromatic heterocycles. The molecule has 52 valence electrons. The SMILES string of the molecule is Cc1ccncc1[C@@H]1CO1. The van der Waals surface area contributed by atoms with Gasteiger partial charge in [-0.25, -0.2) is 0 Å². The number of nitrogens with zero attached hydrogens (tertiary/aromatic N) is 1. The van der Waals surface area contributed by atoms with E-state index in [4.69, 9.17) is 4.74 Å². The maximum absolute atomic E-state index is 5.14. The van der Waals surface area contributed by atoms with Gasteiger partial charge in [-0.1, -0.05) is 0 Å². The highest BCUT2D eigenvalue weighted by Gasteiger charge is 2.25. The van der Waals surface area contributed by atoms with E-state index >= 15 is 0 Å². The van der Waals surface area contributed by atoms with Crippen molar-refractivity contribution in [3.05, 3.63) is 29.6 Å². The molecule has 10 heavy (non-hydrogen) atoms. The summed E-state index contributed by atoms with van der Waals surface area (Å²) in [6.07, 6.45) is 4.03. The van der Waals surface area contributed by atoms with Crippen LogP contribution in [0.3, 0.4) is 0 Å². The highest BCUT2D eigenvalue weighted by atomic mass is 16.6. The predicted octanol–water partition coefficient (Wildman–Crippen LogP) is 1.46. The molecular weight excluding hydrogens is 126 g/mol. The lowest BCUT2D eigenvalue weighted by Gasteiger charge is -1.97. The lowest BCUT2D eigenvalue weighted by Crippen LogP contribution is -1.86. The van der Waals surface area contributed by atoms with Crippen molar-refractivity contribution in [1.29, 1.82) is 0 Å². The van der Waals surface area contributed by atoms with Crippen molar-refractivity contribution >= 4 is 0 Å². The maximum atomic E-state index is 5.14. The number of aryl methyl sites for hydroxylation is 1. The molecule has 1 saturated heterocycles. The Hall–Kier alpha value is -0.890. The second-order valence-electron chi connectivity index (χ2n) is 2.55. The fourth-order valence-corrected chi connectivity index (χ4v) is 1.04. The number of hydrogen-bond donors (Lipinski definition) is 0. The zero-order valence-corrected chi connectivity index (χ0v) is 5.87. The molecule has 0 saturated carbocycles. The number of hydrogen-bond acceptors (Lipinski definition) is 2. The lowest BCUT2D eigenvalue weighted by molar-refractivity contribution is 0.414. The van der Waals surface area contributed by atoms with E-state index in [0.29, 0.717) is 6.10 Å². The van der Waals surface area contributed by atoms with E-state index in [1.807, 2.05) is 12.3 Å². The van der Waals surface area contributed by atoms with Gasteiger partial charge in [0.2, 0.25) is 0 Å². The van der Waals surface area contributed by atoms with Crippen molar-refractivity contribution in [2.45, 2.75) is 13.0 Å². The van der Waals surface area contributed by atoms with E-state index in [0.717, 1.165) is 6.61 Å². The van der Waals surface area contributed by atoms with Gasteiger partial charge >= 0.3 is 0 Å². The van der Waals surface area contributed by atoms with Crippen LogP contribution in [-0.2, 0) is 4.74 Å². The molecule has 1 aliphatic heterocycles. The quantitative estimate of drug-likeness (QED) is 0.545. The van der Waals surface area contributed by atoms with E-state index in [9.17, 15) is 0 Å². The van der Waals surface area contributed by atoms with Crippen LogP contribution in [0.2, 0.25) is 0 Å². The van der Waals surface area contributed by atoms with Crippen molar-refractivity contribution in [2.75, 3.05) is 6.61 Å². The topological polar surface area (TPSA) is 25.4 Å². The van der Waals surface area contributed by atoms with Crippen LogP contribution < -0.4 is 0 Å². The fourth-order valence-electron chi connectivity index (χ4n) is 1.04. The second-order valence-corrected chi connectivity index (χ2v) is 2.55. The highest BCUT2D eigenvalue weighted by Crippen LogP contribution is 2.30. The van der Waals surface area contributed by atoms with Gasteiger partial charge in [0.1, 0.15) is 6.10 Å². The first-order valence-electron chi connectivity index (χ1n) is 3.40. The predicted molar refractivity (Wildman–Crippen MR) is 37.7 cm³/mol. The first kappa shape index (κ1) is 5.86. The molecule has 1 aliphatic rings. The molecule has 1 fully saturated rings. The Morgan fingerprint density at radius 3 is 3.10 bits per heavy atom. The van der Waals surface area contributed by atoms with Gasteiger partial charge in [-0.3, -0.25) is 4.98 Å². The molecule has 2 nitrogen and oxygen atoms in total. The van der Waals surface area contributed by atoms with Gasteiger partial charge < -0.3 is 4.74 Å². The Balaban J connectivity index is 2.39. The summed E-state index contributed by atoms with van der Waals surface area (Å²) in [5, 5.41) is 0. The minimum atomic E-state index is 0.341. The van der Waals surface area contributed by atoms with Crippen LogP contribution in [0.1, 0.15) is 17.2 Å². The van der Waals surface area contributed by atoms with E-state index in [1.54, 1.807) is 6.20 Å². The Morgan fingerprint density at radius 2 is 2.50 bits per heavy atom. The molecule has 0 radical (unpaired) electrons. The minimum absolute atomic E-state index is 0.341. The Bertz CT molecular complexity index is 243. The molecule has 0 spiro atoms. The largest absolute Gasteiger partial charge is 0.368 e. The van der Waals surface area contributed by atoms with E-state index in [1.165, 1.54) is 11.1 Å². The summed E-state index contributed by atoms with van der Waals surface area (Å²) in [4.78, 5) is 4.03. The minimum Gasteiger partial charge on any atom is -0.368 e. The number of pyridine rings is 1. The molecule has 1 aromatic rings. The molecule has 0 amide bonds. The lowest BCUT2D eigenvalue weighted by atomic mass is 10.1. The summed E-state index contributed by atoms with van der Waals surface area (Å²) in [6, 6.07) is 2.01. The molecule has 0 N–H and O–H groups in total. The molecule has 0 bridgehead atoms. The molecular formula is C8H9NO. The van der Waals surface area contributed by atoms with Gasteiger partial charge in [0.05, 0.1) is 6.61 Å². The van der Waals surface area contributed by atoms with Crippen molar-refractivity contribution in [2.24, 2.45) is 0 Å². The first-order chi connectivity index (χ1) is 4.88. The Kier molecular flexibility index (Phi) is 1.21. The van der Waals surface area contributed by atoms with Crippen LogP contribution >= 0.6 is 0 Å². The number of ether oxygens (including phenoxy) is 1. The molecule has 0 aromatic carbocycles.